The maximum absolute atomic E-state index is 12.5. The van der Waals surface area contributed by atoms with Crippen LogP contribution < -0.4 is 10.6 Å². The number of halogens is 1. The van der Waals surface area contributed by atoms with Crippen LogP contribution in [0.15, 0.2) is 71.1 Å². The van der Waals surface area contributed by atoms with E-state index in [2.05, 4.69) is 15.6 Å². The predicted molar refractivity (Wildman–Crippen MR) is 134 cm³/mol. The lowest BCUT2D eigenvalue weighted by Crippen LogP contribution is -2.22. The molecule has 4 aromatic rings. The standard InChI is InChI=1S/C24H20ClN3O2S2/c1-14-3-9-18(10-4-14)26-22(29)15(2)31-24-28-20-12-11-19(13-21(20)32-24)27-23(30)16-5-7-17(25)8-6-16/h3-13,15H,1-2H3,(H,26,29)(H,27,30)/t15-/m0/s1. The van der Waals surface area contributed by atoms with Crippen molar-refractivity contribution in [2.24, 2.45) is 0 Å². The highest BCUT2D eigenvalue weighted by atomic mass is 35.5. The molecule has 162 valence electrons. The van der Waals surface area contributed by atoms with E-state index in [4.69, 9.17) is 11.6 Å². The van der Waals surface area contributed by atoms with Gasteiger partial charge in [0.05, 0.1) is 15.5 Å². The highest BCUT2D eigenvalue weighted by Gasteiger charge is 2.17. The minimum atomic E-state index is -0.305. The third-order valence-electron chi connectivity index (χ3n) is 4.70. The lowest BCUT2D eigenvalue weighted by atomic mass is 10.2. The number of carbonyl (C=O) groups excluding carboxylic acids is 2. The number of amides is 2. The number of aromatic nitrogens is 1. The Kier molecular flexibility index (Phi) is 6.79. The summed E-state index contributed by atoms with van der Waals surface area (Å²) in [6.07, 6.45) is 0. The zero-order chi connectivity index (χ0) is 22.7. The van der Waals surface area contributed by atoms with Gasteiger partial charge in [0.25, 0.3) is 5.91 Å². The Morgan fingerprint density at radius 3 is 2.38 bits per heavy atom. The number of hydrogen-bond donors (Lipinski definition) is 2. The van der Waals surface area contributed by atoms with Gasteiger partial charge in [-0.15, -0.1) is 11.3 Å². The van der Waals surface area contributed by atoms with Crippen molar-refractivity contribution < 1.29 is 9.59 Å². The van der Waals surface area contributed by atoms with Crippen LogP contribution in [0.3, 0.4) is 0 Å². The number of nitrogens with zero attached hydrogens (tertiary/aromatic N) is 1. The summed E-state index contributed by atoms with van der Waals surface area (Å²) in [7, 11) is 0. The van der Waals surface area contributed by atoms with E-state index in [-0.39, 0.29) is 17.1 Å². The van der Waals surface area contributed by atoms with Gasteiger partial charge in [0.2, 0.25) is 5.91 Å². The summed E-state index contributed by atoms with van der Waals surface area (Å²) in [5.74, 6) is -0.282. The quantitative estimate of drug-likeness (QED) is 0.303. The predicted octanol–water partition coefficient (Wildman–Crippen LogP) is 6.63. The van der Waals surface area contributed by atoms with Crippen LogP contribution in [0.4, 0.5) is 11.4 Å². The first-order chi connectivity index (χ1) is 15.4. The highest BCUT2D eigenvalue weighted by Crippen LogP contribution is 2.34. The number of aryl methyl sites for hydroxylation is 1. The molecule has 5 nitrogen and oxygen atoms in total. The molecule has 0 spiro atoms. The normalized spacial score (nSPS) is 11.8. The average Bonchev–Trinajstić information content (AvgIpc) is 3.17. The van der Waals surface area contributed by atoms with Crippen molar-refractivity contribution in [3.63, 3.8) is 0 Å². The van der Waals surface area contributed by atoms with E-state index in [1.54, 1.807) is 24.3 Å². The van der Waals surface area contributed by atoms with E-state index in [9.17, 15) is 9.59 Å². The van der Waals surface area contributed by atoms with Crippen molar-refractivity contribution in [2.75, 3.05) is 10.6 Å². The van der Waals surface area contributed by atoms with Crippen LogP contribution >= 0.6 is 34.7 Å². The van der Waals surface area contributed by atoms with Crippen LogP contribution in [-0.4, -0.2) is 22.0 Å². The molecule has 0 saturated heterocycles. The maximum Gasteiger partial charge on any atom is 0.255 e. The van der Waals surface area contributed by atoms with Crippen molar-refractivity contribution in [3.8, 4) is 0 Å². The van der Waals surface area contributed by atoms with Crippen molar-refractivity contribution in [3.05, 3.63) is 82.9 Å². The summed E-state index contributed by atoms with van der Waals surface area (Å²) in [6, 6.07) is 20.0. The molecule has 1 aromatic heterocycles. The summed E-state index contributed by atoms with van der Waals surface area (Å²) < 4.78 is 1.74. The average molecular weight is 482 g/mol. The first-order valence-corrected chi connectivity index (χ1v) is 12.0. The van der Waals surface area contributed by atoms with Crippen molar-refractivity contribution in [2.45, 2.75) is 23.4 Å². The largest absolute Gasteiger partial charge is 0.325 e. The van der Waals surface area contributed by atoms with Gasteiger partial charge in [-0.1, -0.05) is 41.1 Å². The Morgan fingerprint density at radius 1 is 0.969 bits per heavy atom. The van der Waals surface area contributed by atoms with E-state index in [1.807, 2.05) is 56.3 Å². The van der Waals surface area contributed by atoms with Crippen LogP contribution in [0.25, 0.3) is 10.2 Å². The zero-order valence-electron chi connectivity index (χ0n) is 17.4. The maximum atomic E-state index is 12.5. The number of hydrogen-bond acceptors (Lipinski definition) is 5. The third kappa shape index (κ3) is 5.48. The highest BCUT2D eigenvalue weighted by molar-refractivity contribution is 8.02. The number of nitrogens with one attached hydrogen (secondary N) is 2. The molecule has 32 heavy (non-hydrogen) atoms. The second-order valence-electron chi connectivity index (χ2n) is 7.24. The lowest BCUT2D eigenvalue weighted by molar-refractivity contribution is -0.115. The van der Waals surface area contributed by atoms with Gasteiger partial charge < -0.3 is 10.6 Å². The van der Waals surface area contributed by atoms with Crippen molar-refractivity contribution >= 4 is 68.1 Å². The molecule has 0 aliphatic heterocycles. The molecular weight excluding hydrogens is 462 g/mol. The van der Waals surface area contributed by atoms with Crippen molar-refractivity contribution in [1.82, 2.24) is 4.98 Å². The number of rotatable bonds is 6. The van der Waals surface area contributed by atoms with Gasteiger partial charge in [-0.05, 0) is 68.4 Å². The van der Waals surface area contributed by atoms with Crippen LogP contribution in [-0.2, 0) is 4.79 Å². The van der Waals surface area contributed by atoms with E-state index >= 15 is 0 Å². The van der Waals surface area contributed by atoms with E-state index in [0.717, 1.165) is 25.8 Å². The Hall–Kier alpha value is -2.87. The molecule has 4 rings (SSSR count). The van der Waals surface area contributed by atoms with Crippen LogP contribution in [0.2, 0.25) is 5.02 Å². The first-order valence-electron chi connectivity index (χ1n) is 9.89. The van der Waals surface area contributed by atoms with Gasteiger partial charge in [-0.25, -0.2) is 4.98 Å². The second-order valence-corrected chi connectivity index (χ2v) is 10.3. The molecular formula is C24H20ClN3O2S2. The molecule has 2 amide bonds. The molecule has 0 fully saturated rings. The fourth-order valence-electron chi connectivity index (χ4n) is 2.92. The van der Waals surface area contributed by atoms with Gasteiger partial charge >= 0.3 is 0 Å². The topological polar surface area (TPSA) is 71.1 Å². The molecule has 1 atom stereocenters. The molecule has 2 N–H and O–H groups in total. The summed E-state index contributed by atoms with van der Waals surface area (Å²) >= 11 is 8.79. The van der Waals surface area contributed by atoms with Crippen LogP contribution in [0.1, 0.15) is 22.8 Å². The number of carbonyl (C=O) groups is 2. The number of benzene rings is 3. The molecule has 0 bridgehead atoms. The summed E-state index contributed by atoms with van der Waals surface area (Å²) in [6.45, 7) is 3.86. The Balaban J connectivity index is 1.42. The smallest absolute Gasteiger partial charge is 0.255 e. The van der Waals surface area contributed by atoms with Crippen molar-refractivity contribution in [1.29, 1.82) is 0 Å². The Bertz CT molecular complexity index is 1270. The van der Waals surface area contributed by atoms with Gasteiger partial charge in [-0.3, -0.25) is 9.59 Å². The zero-order valence-corrected chi connectivity index (χ0v) is 19.8. The van der Waals surface area contributed by atoms with E-state index < -0.39 is 0 Å². The van der Waals surface area contributed by atoms with Gasteiger partial charge in [0.1, 0.15) is 0 Å². The van der Waals surface area contributed by atoms with Crippen LogP contribution in [0.5, 0.6) is 0 Å². The third-order valence-corrected chi connectivity index (χ3v) is 7.16. The van der Waals surface area contributed by atoms with Gasteiger partial charge in [0.15, 0.2) is 4.34 Å². The van der Waals surface area contributed by atoms with E-state index in [1.165, 1.54) is 23.1 Å². The minimum absolute atomic E-state index is 0.0750. The molecule has 1 heterocycles. The Morgan fingerprint density at radius 2 is 1.66 bits per heavy atom. The second kappa shape index (κ2) is 9.73. The fourth-order valence-corrected chi connectivity index (χ4v) is 5.30. The lowest BCUT2D eigenvalue weighted by Gasteiger charge is -2.10. The SMILES string of the molecule is Cc1ccc(NC(=O)[C@H](C)Sc2nc3ccc(NC(=O)c4ccc(Cl)cc4)cc3s2)cc1. The van der Waals surface area contributed by atoms with Gasteiger partial charge in [-0.2, -0.15) is 0 Å². The van der Waals surface area contributed by atoms with Gasteiger partial charge in [0, 0.05) is 22.0 Å². The molecule has 0 radical (unpaired) electrons. The molecule has 0 aliphatic carbocycles. The fraction of sp³-hybridized carbons (Fsp3) is 0.125. The first kappa shape index (κ1) is 22.3. The molecule has 3 aromatic carbocycles. The monoisotopic (exact) mass is 481 g/mol. The van der Waals surface area contributed by atoms with Crippen LogP contribution in [0, 0.1) is 6.92 Å². The molecule has 0 aliphatic rings. The molecule has 0 unspecified atom stereocenters. The molecule has 8 heteroatoms. The summed E-state index contributed by atoms with van der Waals surface area (Å²) in [5, 5.41) is 6.11. The number of anilines is 2. The molecule has 0 saturated carbocycles. The Labute approximate surface area is 199 Å². The summed E-state index contributed by atoms with van der Waals surface area (Å²) in [4.78, 5) is 29.6. The number of thiazole rings is 1. The number of fused-ring (bicyclic) bond motifs is 1. The van der Waals surface area contributed by atoms with E-state index in [0.29, 0.717) is 16.3 Å². The minimum Gasteiger partial charge on any atom is -0.325 e. The summed E-state index contributed by atoms with van der Waals surface area (Å²) in [5.41, 5.74) is 3.96. The number of thioether (sulfide) groups is 1.